The van der Waals surface area contributed by atoms with Gasteiger partial charge in [0.1, 0.15) is 12.0 Å². The molecule has 1 aromatic rings. The predicted molar refractivity (Wildman–Crippen MR) is 124 cm³/mol. The highest BCUT2D eigenvalue weighted by Gasteiger charge is 2.27. The van der Waals surface area contributed by atoms with Gasteiger partial charge in [0.05, 0.1) is 19.6 Å². The number of aromatic nitrogens is 1. The number of nitrogens with zero attached hydrogens (tertiary/aromatic N) is 2. The number of carbonyl (C=O) groups excluding carboxylic acids is 2. The molecule has 0 saturated heterocycles. The number of urea groups is 1. The zero-order chi connectivity index (χ0) is 24.2. The minimum absolute atomic E-state index is 0.0461. The lowest BCUT2D eigenvalue weighted by molar-refractivity contribution is -0.153. The number of anilines is 1. The first kappa shape index (κ1) is 26.8. The molecule has 0 radical (unpaired) electrons. The standard InChI is InChI=1S/C23H38N4O6/c1-16(2)15-33-20(29)13-19(28)27(14-21(31-3)32-4)23(30)25-12-6-8-18-10-9-17-7-5-11-24-22(17)26-18/h9-10,16,19,21,28H,5-8,11-15H2,1-4H3,(H,24,26)(H,25,30)/t19-/m1/s1. The molecule has 2 rings (SSSR count). The highest BCUT2D eigenvalue weighted by Crippen LogP contribution is 2.20. The molecule has 10 nitrogen and oxygen atoms in total. The largest absolute Gasteiger partial charge is 0.465 e. The van der Waals surface area contributed by atoms with E-state index in [-0.39, 0.29) is 25.5 Å². The van der Waals surface area contributed by atoms with Crippen molar-refractivity contribution in [1.29, 1.82) is 0 Å². The second kappa shape index (κ2) is 14.0. The third kappa shape index (κ3) is 9.15. The van der Waals surface area contributed by atoms with Crippen LogP contribution in [-0.4, -0.2) is 80.0 Å². The van der Waals surface area contributed by atoms with Crippen molar-refractivity contribution in [1.82, 2.24) is 15.2 Å². The van der Waals surface area contributed by atoms with Crippen molar-refractivity contribution in [3.63, 3.8) is 0 Å². The summed E-state index contributed by atoms with van der Waals surface area (Å²) in [5, 5.41) is 16.7. The number of aryl methyl sites for hydroxylation is 2. The van der Waals surface area contributed by atoms with Gasteiger partial charge in [0.15, 0.2) is 6.29 Å². The van der Waals surface area contributed by atoms with Gasteiger partial charge >= 0.3 is 12.0 Å². The first-order valence-electron chi connectivity index (χ1n) is 11.5. The van der Waals surface area contributed by atoms with Crippen LogP contribution in [0.2, 0.25) is 0 Å². The van der Waals surface area contributed by atoms with Gasteiger partial charge in [0.25, 0.3) is 0 Å². The molecule has 1 aromatic heterocycles. The van der Waals surface area contributed by atoms with Crippen molar-refractivity contribution in [2.45, 2.75) is 58.5 Å². The average molecular weight is 467 g/mol. The normalized spacial score (nSPS) is 13.9. The Morgan fingerprint density at radius 1 is 1.27 bits per heavy atom. The van der Waals surface area contributed by atoms with E-state index in [1.54, 1.807) is 0 Å². The van der Waals surface area contributed by atoms with Gasteiger partial charge in [0.2, 0.25) is 0 Å². The number of amides is 2. The van der Waals surface area contributed by atoms with E-state index in [0.29, 0.717) is 19.4 Å². The fraction of sp³-hybridized carbons (Fsp3) is 0.696. The van der Waals surface area contributed by atoms with Crippen molar-refractivity contribution in [2.75, 3.05) is 45.8 Å². The van der Waals surface area contributed by atoms with Gasteiger partial charge in [-0.2, -0.15) is 0 Å². The third-order valence-electron chi connectivity index (χ3n) is 5.26. The number of nitrogens with one attached hydrogen (secondary N) is 2. The van der Waals surface area contributed by atoms with Gasteiger partial charge < -0.3 is 30.0 Å². The monoisotopic (exact) mass is 466 g/mol. The Labute approximate surface area is 196 Å². The van der Waals surface area contributed by atoms with Gasteiger partial charge in [-0.1, -0.05) is 19.9 Å². The SMILES string of the molecule is COC(CN(C(=O)NCCCc1ccc2c(n1)NCCC2)[C@H](O)CC(=O)OCC(C)C)OC. The fourth-order valence-corrected chi connectivity index (χ4v) is 3.40. The number of fused-ring (bicyclic) bond motifs is 1. The van der Waals surface area contributed by atoms with Crippen LogP contribution in [0.5, 0.6) is 0 Å². The number of hydrogen-bond acceptors (Lipinski definition) is 8. The minimum Gasteiger partial charge on any atom is -0.465 e. The molecule has 10 heteroatoms. The Bertz CT molecular complexity index is 756. The molecule has 1 atom stereocenters. The Morgan fingerprint density at radius 3 is 2.73 bits per heavy atom. The topological polar surface area (TPSA) is 122 Å². The van der Waals surface area contributed by atoms with E-state index in [0.717, 1.165) is 35.8 Å². The number of aliphatic hydroxyl groups is 1. The Morgan fingerprint density at radius 2 is 2.03 bits per heavy atom. The van der Waals surface area contributed by atoms with E-state index in [4.69, 9.17) is 14.2 Å². The highest BCUT2D eigenvalue weighted by atomic mass is 16.7. The average Bonchev–Trinajstić information content (AvgIpc) is 2.81. The maximum Gasteiger partial charge on any atom is 0.319 e. The molecule has 0 bridgehead atoms. The Hall–Kier alpha value is -2.43. The number of ether oxygens (including phenoxy) is 3. The zero-order valence-corrected chi connectivity index (χ0v) is 20.1. The Balaban J connectivity index is 1.87. The lowest BCUT2D eigenvalue weighted by atomic mass is 10.1. The van der Waals surface area contributed by atoms with Crippen LogP contribution in [0.1, 0.15) is 44.4 Å². The van der Waals surface area contributed by atoms with Crippen molar-refractivity contribution in [3.05, 3.63) is 23.4 Å². The molecular weight excluding hydrogens is 428 g/mol. The van der Waals surface area contributed by atoms with Crippen LogP contribution in [0.3, 0.4) is 0 Å². The summed E-state index contributed by atoms with van der Waals surface area (Å²) in [7, 11) is 2.88. The summed E-state index contributed by atoms with van der Waals surface area (Å²) in [6.45, 7) is 5.37. The number of carbonyl (C=O) groups is 2. The second-order valence-electron chi connectivity index (χ2n) is 8.49. The minimum atomic E-state index is -1.37. The van der Waals surface area contributed by atoms with E-state index in [1.807, 2.05) is 19.9 Å². The van der Waals surface area contributed by atoms with Gasteiger partial charge in [-0.3, -0.25) is 9.69 Å². The molecule has 0 aromatic carbocycles. The summed E-state index contributed by atoms with van der Waals surface area (Å²) in [6, 6.07) is 3.61. The van der Waals surface area contributed by atoms with Crippen LogP contribution in [0.25, 0.3) is 0 Å². The molecule has 0 saturated carbocycles. The lowest BCUT2D eigenvalue weighted by Gasteiger charge is -2.30. The van der Waals surface area contributed by atoms with Crippen LogP contribution >= 0.6 is 0 Å². The highest BCUT2D eigenvalue weighted by molar-refractivity contribution is 5.76. The van der Waals surface area contributed by atoms with Crippen molar-refractivity contribution in [2.24, 2.45) is 5.92 Å². The maximum atomic E-state index is 12.8. The summed E-state index contributed by atoms with van der Waals surface area (Å²) < 4.78 is 15.4. The summed E-state index contributed by atoms with van der Waals surface area (Å²) >= 11 is 0. The molecule has 2 amide bonds. The molecule has 1 aliphatic heterocycles. The van der Waals surface area contributed by atoms with Crippen LogP contribution in [0.15, 0.2) is 12.1 Å². The van der Waals surface area contributed by atoms with Crippen LogP contribution < -0.4 is 10.6 Å². The molecule has 0 spiro atoms. The number of hydrogen-bond donors (Lipinski definition) is 3. The van der Waals surface area contributed by atoms with Gasteiger partial charge in [-0.15, -0.1) is 0 Å². The molecule has 3 N–H and O–H groups in total. The first-order chi connectivity index (χ1) is 15.8. The quantitative estimate of drug-likeness (QED) is 0.229. The summed E-state index contributed by atoms with van der Waals surface area (Å²) in [5.41, 5.74) is 2.20. The van der Waals surface area contributed by atoms with Gasteiger partial charge in [-0.25, -0.2) is 9.78 Å². The number of aliphatic hydroxyl groups excluding tert-OH is 1. The summed E-state index contributed by atoms with van der Waals surface area (Å²) in [6.07, 6.45) is 1.08. The Kier molecular flexibility index (Phi) is 11.4. The number of rotatable bonds is 13. The van der Waals surface area contributed by atoms with E-state index in [1.165, 1.54) is 19.8 Å². The van der Waals surface area contributed by atoms with Crippen molar-refractivity contribution in [3.8, 4) is 0 Å². The zero-order valence-electron chi connectivity index (χ0n) is 20.1. The van der Waals surface area contributed by atoms with Gasteiger partial charge in [-0.05, 0) is 43.2 Å². The molecule has 186 valence electrons. The smallest absolute Gasteiger partial charge is 0.319 e. The van der Waals surface area contributed by atoms with E-state index >= 15 is 0 Å². The van der Waals surface area contributed by atoms with E-state index in [9.17, 15) is 14.7 Å². The first-order valence-corrected chi connectivity index (χ1v) is 11.5. The molecule has 2 heterocycles. The summed E-state index contributed by atoms with van der Waals surface area (Å²) in [5.74, 6) is 0.552. The molecular formula is C23H38N4O6. The van der Waals surface area contributed by atoms with E-state index in [2.05, 4.69) is 21.7 Å². The number of pyridine rings is 1. The van der Waals surface area contributed by atoms with Crippen molar-refractivity contribution < 1.29 is 28.9 Å². The maximum absolute atomic E-state index is 12.8. The second-order valence-corrected chi connectivity index (χ2v) is 8.49. The third-order valence-corrected chi connectivity index (χ3v) is 5.26. The number of methoxy groups -OCH3 is 2. The molecule has 1 aliphatic rings. The van der Waals surface area contributed by atoms with Gasteiger partial charge in [0, 0.05) is 33.0 Å². The summed E-state index contributed by atoms with van der Waals surface area (Å²) in [4.78, 5) is 30.6. The van der Waals surface area contributed by atoms with Crippen LogP contribution in [-0.2, 0) is 31.8 Å². The lowest BCUT2D eigenvalue weighted by Crippen LogP contribution is -2.51. The fourth-order valence-electron chi connectivity index (χ4n) is 3.40. The number of esters is 1. The molecule has 33 heavy (non-hydrogen) atoms. The van der Waals surface area contributed by atoms with Crippen LogP contribution in [0.4, 0.5) is 10.6 Å². The predicted octanol–water partition coefficient (Wildman–Crippen LogP) is 1.91. The molecule has 0 aliphatic carbocycles. The van der Waals surface area contributed by atoms with Crippen LogP contribution in [0, 0.1) is 5.92 Å². The van der Waals surface area contributed by atoms with E-state index < -0.39 is 24.5 Å². The molecule has 0 unspecified atom stereocenters. The van der Waals surface area contributed by atoms with Crippen molar-refractivity contribution >= 4 is 17.8 Å². The molecule has 0 fully saturated rings.